The van der Waals surface area contributed by atoms with Crippen molar-refractivity contribution in [1.82, 2.24) is 0 Å². The molecule has 2 rings (SSSR count). The third kappa shape index (κ3) is 1.76. The highest BCUT2D eigenvalue weighted by molar-refractivity contribution is 7.12. The molecule has 0 unspecified atom stereocenters. The van der Waals surface area contributed by atoms with Gasteiger partial charge in [-0.15, -0.1) is 11.3 Å². The summed E-state index contributed by atoms with van der Waals surface area (Å²) in [5.41, 5.74) is 0.641. The smallest absolute Gasteiger partial charge is 0.350 e. The minimum absolute atomic E-state index is 0.248. The molecule has 17 heavy (non-hydrogen) atoms. The first kappa shape index (κ1) is 11.5. The van der Waals surface area contributed by atoms with Crippen LogP contribution in [0.4, 0.5) is 5.69 Å². The van der Waals surface area contributed by atoms with Gasteiger partial charge in [-0.3, -0.25) is 9.59 Å². The summed E-state index contributed by atoms with van der Waals surface area (Å²) in [6.45, 7) is 1.56. The molecule has 2 heterocycles. The van der Waals surface area contributed by atoms with Crippen molar-refractivity contribution >= 4 is 34.8 Å². The van der Waals surface area contributed by atoms with Crippen LogP contribution >= 0.6 is 11.3 Å². The number of hydrogen-bond acceptors (Lipinski definition) is 5. The summed E-state index contributed by atoms with van der Waals surface area (Å²) in [4.78, 5) is 36.1. The average molecular weight is 251 g/mol. The standard InChI is InChI=1S/C11H9NO4S/c1-6-5-8(13)12(10(6)14)7-3-4-17-9(7)11(15)16-2/h3-5H,1-2H3. The van der Waals surface area contributed by atoms with E-state index >= 15 is 0 Å². The second-order valence-electron chi connectivity index (χ2n) is 3.43. The Kier molecular flexibility index (Phi) is 2.81. The quantitative estimate of drug-likeness (QED) is 0.588. The van der Waals surface area contributed by atoms with E-state index in [1.54, 1.807) is 18.4 Å². The van der Waals surface area contributed by atoms with Crippen LogP contribution in [0.3, 0.4) is 0 Å². The highest BCUT2D eigenvalue weighted by Gasteiger charge is 2.33. The molecule has 0 aromatic carbocycles. The van der Waals surface area contributed by atoms with Crippen LogP contribution in [0.5, 0.6) is 0 Å². The summed E-state index contributed by atoms with van der Waals surface area (Å²) in [5, 5.41) is 1.63. The van der Waals surface area contributed by atoms with Gasteiger partial charge in [0, 0.05) is 11.6 Å². The average Bonchev–Trinajstić information content (AvgIpc) is 2.84. The lowest BCUT2D eigenvalue weighted by Crippen LogP contribution is -2.31. The van der Waals surface area contributed by atoms with Crippen LogP contribution in [0.1, 0.15) is 16.6 Å². The van der Waals surface area contributed by atoms with Gasteiger partial charge < -0.3 is 4.74 Å². The molecule has 1 aromatic heterocycles. The molecule has 0 saturated heterocycles. The van der Waals surface area contributed by atoms with Crippen molar-refractivity contribution in [2.24, 2.45) is 0 Å². The van der Waals surface area contributed by atoms with E-state index in [0.717, 1.165) is 16.2 Å². The van der Waals surface area contributed by atoms with E-state index in [-0.39, 0.29) is 10.6 Å². The molecule has 0 aliphatic carbocycles. The van der Waals surface area contributed by atoms with Crippen LogP contribution in [0.25, 0.3) is 0 Å². The van der Waals surface area contributed by atoms with Crippen molar-refractivity contribution in [3.63, 3.8) is 0 Å². The van der Waals surface area contributed by atoms with Crippen molar-refractivity contribution in [3.05, 3.63) is 28.0 Å². The van der Waals surface area contributed by atoms with Crippen LogP contribution in [-0.2, 0) is 14.3 Å². The Morgan fingerprint density at radius 2 is 2.12 bits per heavy atom. The van der Waals surface area contributed by atoms with Gasteiger partial charge in [-0.05, 0) is 18.4 Å². The van der Waals surface area contributed by atoms with Crippen molar-refractivity contribution in [1.29, 1.82) is 0 Å². The first-order chi connectivity index (χ1) is 8.06. The maximum Gasteiger partial charge on any atom is 0.350 e. The molecular formula is C11H9NO4S. The number of rotatable bonds is 2. The zero-order valence-corrected chi connectivity index (χ0v) is 10.0. The number of anilines is 1. The number of carbonyl (C=O) groups excluding carboxylic acids is 3. The molecule has 0 spiro atoms. The molecule has 0 atom stereocenters. The highest BCUT2D eigenvalue weighted by atomic mass is 32.1. The van der Waals surface area contributed by atoms with Crippen molar-refractivity contribution in [2.75, 3.05) is 12.0 Å². The number of hydrogen-bond donors (Lipinski definition) is 0. The summed E-state index contributed by atoms with van der Waals surface area (Å²) < 4.78 is 4.60. The lowest BCUT2D eigenvalue weighted by atomic mass is 10.3. The van der Waals surface area contributed by atoms with Crippen molar-refractivity contribution in [2.45, 2.75) is 6.92 Å². The minimum Gasteiger partial charge on any atom is -0.465 e. The molecule has 1 aromatic rings. The normalized spacial score (nSPS) is 15.2. The second-order valence-corrected chi connectivity index (χ2v) is 4.35. The number of amides is 2. The Bertz CT molecular complexity index is 543. The van der Waals surface area contributed by atoms with Gasteiger partial charge in [-0.2, -0.15) is 0 Å². The summed E-state index contributed by atoms with van der Waals surface area (Å²) in [6, 6.07) is 1.55. The number of methoxy groups -OCH3 is 1. The Balaban J connectivity index is 2.43. The van der Waals surface area contributed by atoms with Gasteiger partial charge in [0.2, 0.25) is 0 Å². The predicted octanol–water partition coefficient (Wildman–Crippen LogP) is 1.35. The predicted molar refractivity (Wildman–Crippen MR) is 61.9 cm³/mol. The second kappa shape index (κ2) is 4.14. The monoisotopic (exact) mass is 251 g/mol. The number of imide groups is 1. The zero-order valence-electron chi connectivity index (χ0n) is 9.22. The Hall–Kier alpha value is -1.95. The van der Waals surface area contributed by atoms with Gasteiger partial charge >= 0.3 is 5.97 Å². The molecule has 0 radical (unpaired) electrons. The molecule has 0 N–H and O–H groups in total. The summed E-state index contributed by atoms with van der Waals surface area (Å²) >= 11 is 1.13. The van der Waals surface area contributed by atoms with E-state index < -0.39 is 17.8 Å². The van der Waals surface area contributed by atoms with Crippen LogP contribution in [0, 0.1) is 0 Å². The van der Waals surface area contributed by atoms with Gasteiger partial charge in [-0.25, -0.2) is 9.69 Å². The molecule has 2 amide bonds. The fraction of sp³-hybridized carbons (Fsp3) is 0.182. The van der Waals surface area contributed by atoms with Gasteiger partial charge in [0.15, 0.2) is 0 Å². The van der Waals surface area contributed by atoms with E-state index in [9.17, 15) is 14.4 Å². The van der Waals surface area contributed by atoms with Crippen LogP contribution in [-0.4, -0.2) is 24.9 Å². The largest absolute Gasteiger partial charge is 0.465 e. The first-order valence-corrected chi connectivity index (χ1v) is 5.66. The first-order valence-electron chi connectivity index (χ1n) is 4.78. The van der Waals surface area contributed by atoms with Crippen molar-refractivity contribution < 1.29 is 19.1 Å². The number of thiophene rings is 1. The van der Waals surface area contributed by atoms with Gasteiger partial charge in [0.1, 0.15) is 4.88 Å². The zero-order chi connectivity index (χ0) is 12.6. The Morgan fingerprint density at radius 1 is 1.41 bits per heavy atom. The van der Waals surface area contributed by atoms with E-state index in [4.69, 9.17) is 0 Å². The topological polar surface area (TPSA) is 63.7 Å². The van der Waals surface area contributed by atoms with E-state index in [1.807, 2.05) is 0 Å². The Labute approximate surface area is 101 Å². The maximum atomic E-state index is 11.8. The molecule has 88 valence electrons. The van der Waals surface area contributed by atoms with Crippen LogP contribution < -0.4 is 4.90 Å². The third-order valence-corrected chi connectivity index (χ3v) is 3.24. The van der Waals surface area contributed by atoms with Gasteiger partial charge in [0.25, 0.3) is 11.8 Å². The molecule has 0 bridgehead atoms. The number of nitrogens with zero attached hydrogens (tertiary/aromatic N) is 1. The number of esters is 1. The highest BCUT2D eigenvalue weighted by Crippen LogP contribution is 2.30. The van der Waals surface area contributed by atoms with E-state index in [2.05, 4.69) is 4.74 Å². The lowest BCUT2D eigenvalue weighted by Gasteiger charge is -2.13. The summed E-state index contributed by atoms with van der Waals surface area (Å²) in [6.07, 6.45) is 1.25. The van der Waals surface area contributed by atoms with Crippen LogP contribution in [0.15, 0.2) is 23.1 Å². The maximum absolute atomic E-state index is 11.8. The molecular weight excluding hydrogens is 242 g/mol. The van der Waals surface area contributed by atoms with E-state index in [0.29, 0.717) is 5.57 Å². The van der Waals surface area contributed by atoms with Gasteiger partial charge in [-0.1, -0.05) is 0 Å². The molecule has 0 saturated carbocycles. The molecule has 1 aliphatic rings. The third-order valence-electron chi connectivity index (χ3n) is 2.36. The molecule has 0 fully saturated rings. The number of ether oxygens (including phenoxy) is 1. The fourth-order valence-electron chi connectivity index (χ4n) is 1.54. The number of carbonyl (C=O) groups is 3. The molecule has 5 nitrogen and oxygen atoms in total. The SMILES string of the molecule is COC(=O)c1sccc1N1C(=O)C=C(C)C1=O. The molecule has 6 heteroatoms. The summed E-state index contributed by atoms with van der Waals surface area (Å²) in [5.74, 6) is -1.39. The Morgan fingerprint density at radius 3 is 2.65 bits per heavy atom. The summed E-state index contributed by atoms with van der Waals surface area (Å²) in [7, 11) is 1.25. The van der Waals surface area contributed by atoms with Crippen molar-refractivity contribution in [3.8, 4) is 0 Å². The van der Waals surface area contributed by atoms with E-state index in [1.165, 1.54) is 13.2 Å². The minimum atomic E-state index is -0.555. The fourth-order valence-corrected chi connectivity index (χ4v) is 2.33. The molecule has 1 aliphatic heterocycles. The lowest BCUT2D eigenvalue weighted by molar-refractivity contribution is -0.120. The van der Waals surface area contributed by atoms with Gasteiger partial charge in [0.05, 0.1) is 12.8 Å². The van der Waals surface area contributed by atoms with Crippen LogP contribution in [0.2, 0.25) is 0 Å².